The summed E-state index contributed by atoms with van der Waals surface area (Å²) in [6.07, 6.45) is 1.99. The Hall–Kier alpha value is -2.61. The minimum Gasteiger partial charge on any atom is -0.374 e. The van der Waals surface area contributed by atoms with Gasteiger partial charge in [0.2, 0.25) is 0 Å². The maximum absolute atomic E-state index is 12.7. The van der Waals surface area contributed by atoms with E-state index in [0.717, 1.165) is 30.6 Å². The number of non-ortho nitro benzene ring substituents is 1. The van der Waals surface area contributed by atoms with Gasteiger partial charge in [0.05, 0.1) is 15.5 Å². The van der Waals surface area contributed by atoms with Crippen LogP contribution in [0.15, 0.2) is 41.3 Å². The Balaban J connectivity index is 1.92. The van der Waals surface area contributed by atoms with Gasteiger partial charge in [-0.05, 0) is 49.1 Å². The number of nitro groups is 1. The molecule has 1 heterocycles. The van der Waals surface area contributed by atoms with Gasteiger partial charge in [0.25, 0.3) is 15.7 Å². The quantitative estimate of drug-likeness (QED) is 0.667. The van der Waals surface area contributed by atoms with Crippen LogP contribution in [0.25, 0.3) is 0 Å². The standard InChI is InChI=1S/C17H19N3O4S/c1-12-10-14(20(21)22)6-8-16(12)18-25(23,24)15-7-5-13-4-3-9-19(2)17(13)11-15/h5-8,10-11,18H,3-4,9H2,1-2H3. The summed E-state index contributed by atoms with van der Waals surface area (Å²) in [6, 6.07) is 9.17. The van der Waals surface area contributed by atoms with Crippen molar-refractivity contribution in [3.8, 4) is 0 Å². The molecule has 2 aromatic rings. The number of fused-ring (bicyclic) bond motifs is 1. The predicted molar refractivity (Wildman–Crippen MR) is 96.7 cm³/mol. The molecule has 0 saturated heterocycles. The molecule has 1 N–H and O–H groups in total. The molecule has 25 heavy (non-hydrogen) atoms. The molecule has 8 heteroatoms. The third kappa shape index (κ3) is 3.43. The van der Waals surface area contributed by atoms with E-state index in [0.29, 0.717) is 11.3 Å². The van der Waals surface area contributed by atoms with Crippen molar-refractivity contribution in [2.24, 2.45) is 0 Å². The van der Waals surface area contributed by atoms with Crippen LogP contribution in [0.2, 0.25) is 0 Å². The molecular weight excluding hydrogens is 342 g/mol. The van der Waals surface area contributed by atoms with Crippen LogP contribution >= 0.6 is 0 Å². The summed E-state index contributed by atoms with van der Waals surface area (Å²) < 4.78 is 27.9. The van der Waals surface area contributed by atoms with E-state index < -0.39 is 14.9 Å². The van der Waals surface area contributed by atoms with Crippen LogP contribution in [0.3, 0.4) is 0 Å². The highest BCUT2D eigenvalue weighted by Crippen LogP contribution is 2.30. The fraction of sp³-hybridized carbons (Fsp3) is 0.294. The topological polar surface area (TPSA) is 92.5 Å². The maximum atomic E-state index is 12.7. The minimum atomic E-state index is -3.77. The summed E-state index contributed by atoms with van der Waals surface area (Å²) in [4.78, 5) is 12.5. The summed E-state index contributed by atoms with van der Waals surface area (Å²) in [5.74, 6) is 0. The Morgan fingerprint density at radius 3 is 2.64 bits per heavy atom. The zero-order chi connectivity index (χ0) is 18.2. The van der Waals surface area contributed by atoms with Crippen molar-refractivity contribution >= 4 is 27.1 Å². The summed E-state index contributed by atoms with van der Waals surface area (Å²) in [5, 5.41) is 10.8. The van der Waals surface area contributed by atoms with Gasteiger partial charge in [-0.2, -0.15) is 0 Å². The fourth-order valence-electron chi connectivity index (χ4n) is 2.98. The average molecular weight is 361 g/mol. The highest BCUT2D eigenvalue weighted by Gasteiger charge is 2.21. The van der Waals surface area contributed by atoms with Crippen molar-refractivity contribution in [1.82, 2.24) is 0 Å². The monoisotopic (exact) mass is 361 g/mol. The Labute approximate surface area is 146 Å². The second kappa shape index (κ2) is 6.36. The zero-order valence-corrected chi connectivity index (χ0v) is 14.8. The van der Waals surface area contributed by atoms with Gasteiger partial charge >= 0.3 is 0 Å². The Bertz CT molecular complexity index is 941. The molecule has 1 aliphatic heterocycles. The molecule has 3 rings (SSSR count). The molecule has 0 aliphatic carbocycles. The lowest BCUT2D eigenvalue weighted by Gasteiger charge is -2.28. The zero-order valence-electron chi connectivity index (χ0n) is 14.0. The third-order valence-electron chi connectivity index (χ3n) is 4.38. The average Bonchev–Trinajstić information content (AvgIpc) is 2.56. The van der Waals surface area contributed by atoms with Gasteiger partial charge < -0.3 is 4.90 Å². The highest BCUT2D eigenvalue weighted by molar-refractivity contribution is 7.92. The molecule has 0 amide bonds. The van der Waals surface area contributed by atoms with Crippen LogP contribution in [0.4, 0.5) is 17.1 Å². The van der Waals surface area contributed by atoms with Crippen molar-refractivity contribution in [3.05, 3.63) is 57.6 Å². The van der Waals surface area contributed by atoms with Crippen LogP contribution < -0.4 is 9.62 Å². The second-order valence-electron chi connectivity index (χ2n) is 6.18. The lowest BCUT2D eigenvalue weighted by Crippen LogP contribution is -2.25. The smallest absolute Gasteiger partial charge is 0.269 e. The summed E-state index contributed by atoms with van der Waals surface area (Å²) in [7, 11) is -1.83. The first-order valence-corrected chi connectivity index (χ1v) is 9.38. The van der Waals surface area contributed by atoms with Gasteiger partial charge in [0.1, 0.15) is 0 Å². The molecule has 0 fully saturated rings. The number of benzene rings is 2. The molecule has 0 atom stereocenters. The molecule has 0 radical (unpaired) electrons. The number of nitrogens with zero attached hydrogens (tertiary/aromatic N) is 2. The fourth-order valence-corrected chi connectivity index (χ4v) is 4.13. The summed E-state index contributed by atoms with van der Waals surface area (Å²) in [6.45, 7) is 2.52. The first-order valence-electron chi connectivity index (χ1n) is 7.90. The molecule has 0 unspecified atom stereocenters. The first-order chi connectivity index (χ1) is 11.8. The SMILES string of the molecule is Cc1cc([N+](=O)[O-])ccc1NS(=O)(=O)c1ccc2c(c1)N(C)CCC2. The van der Waals surface area contributed by atoms with Crippen LogP contribution in [0.5, 0.6) is 0 Å². The number of anilines is 2. The van der Waals surface area contributed by atoms with Gasteiger partial charge in [0, 0.05) is 31.4 Å². The normalized spacial score (nSPS) is 14.1. The molecule has 0 bridgehead atoms. The molecule has 0 saturated carbocycles. The largest absolute Gasteiger partial charge is 0.374 e. The minimum absolute atomic E-state index is 0.0733. The molecule has 7 nitrogen and oxygen atoms in total. The number of hydrogen-bond donors (Lipinski definition) is 1. The lowest BCUT2D eigenvalue weighted by atomic mass is 10.0. The van der Waals surface area contributed by atoms with E-state index in [1.54, 1.807) is 19.1 Å². The number of nitro benzene ring substituents is 1. The van der Waals surface area contributed by atoms with E-state index >= 15 is 0 Å². The molecule has 0 spiro atoms. The van der Waals surface area contributed by atoms with Gasteiger partial charge in [-0.3, -0.25) is 14.8 Å². The van der Waals surface area contributed by atoms with Crippen molar-refractivity contribution in [3.63, 3.8) is 0 Å². The van der Waals surface area contributed by atoms with Gasteiger partial charge in [-0.15, -0.1) is 0 Å². The van der Waals surface area contributed by atoms with Crippen LogP contribution in [-0.4, -0.2) is 26.9 Å². The molecular formula is C17H19N3O4S. The lowest BCUT2D eigenvalue weighted by molar-refractivity contribution is -0.384. The van der Waals surface area contributed by atoms with Crippen molar-refractivity contribution < 1.29 is 13.3 Å². The molecule has 1 aliphatic rings. The molecule has 0 aromatic heterocycles. The van der Waals surface area contributed by atoms with E-state index in [4.69, 9.17) is 0 Å². The second-order valence-corrected chi connectivity index (χ2v) is 7.86. The van der Waals surface area contributed by atoms with E-state index in [2.05, 4.69) is 9.62 Å². The van der Waals surface area contributed by atoms with Gasteiger partial charge in [-0.1, -0.05) is 6.07 Å². The molecule has 132 valence electrons. The Morgan fingerprint density at radius 1 is 1.20 bits per heavy atom. The number of rotatable bonds is 4. The van der Waals surface area contributed by atoms with Gasteiger partial charge in [0.15, 0.2) is 0 Å². The first kappa shape index (κ1) is 17.2. The van der Waals surface area contributed by atoms with E-state index in [1.165, 1.54) is 18.2 Å². The number of sulfonamides is 1. The van der Waals surface area contributed by atoms with E-state index in [-0.39, 0.29) is 10.6 Å². The van der Waals surface area contributed by atoms with E-state index in [1.807, 2.05) is 13.1 Å². The van der Waals surface area contributed by atoms with Crippen molar-refractivity contribution in [2.45, 2.75) is 24.7 Å². The summed E-state index contributed by atoms with van der Waals surface area (Å²) >= 11 is 0. The Kier molecular flexibility index (Phi) is 4.38. The van der Waals surface area contributed by atoms with Crippen molar-refractivity contribution in [1.29, 1.82) is 0 Å². The van der Waals surface area contributed by atoms with Gasteiger partial charge in [-0.25, -0.2) is 8.42 Å². The van der Waals surface area contributed by atoms with Crippen molar-refractivity contribution in [2.75, 3.05) is 23.2 Å². The maximum Gasteiger partial charge on any atom is 0.269 e. The number of aryl methyl sites for hydroxylation is 2. The number of nitrogens with one attached hydrogen (secondary N) is 1. The molecule has 2 aromatic carbocycles. The number of hydrogen-bond acceptors (Lipinski definition) is 5. The predicted octanol–water partition coefficient (Wildman–Crippen LogP) is 3.09. The van der Waals surface area contributed by atoms with E-state index in [9.17, 15) is 18.5 Å². The Morgan fingerprint density at radius 2 is 1.96 bits per heavy atom. The van der Waals surface area contributed by atoms with Crippen LogP contribution in [-0.2, 0) is 16.4 Å². The third-order valence-corrected chi connectivity index (χ3v) is 5.75. The van der Waals surface area contributed by atoms with Crippen LogP contribution in [0.1, 0.15) is 17.5 Å². The highest BCUT2D eigenvalue weighted by atomic mass is 32.2. The van der Waals surface area contributed by atoms with Crippen LogP contribution in [0, 0.1) is 17.0 Å². The summed E-state index contributed by atoms with van der Waals surface area (Å²) in [5.41, 5.74) is 2.81.